The number of hydrogen-bond acceptors (Lipinski definition) is 4. The van der Waals surface area contributed by atoms with Crippen LogP contribution in [-0.2, 0) is 16.0 Å². The minimum atomic E-state index is -0.737. The van der Waals surface area contributed by atoms with Gasteiger partial charge in [0.05, 0.1) is 12.1 Å². The first kappa shape index (κ1) is 16.2. The van der Waals surface area contributed by atoms with Crippen molar-refractivity contribution in [3.63, 3.8) is 0 Å². The predicted molar refractivity (Wildman–Crippen MR) is 76.9 cm³/mol. The molecule has 3 atom stereocenters. The predicted octanol–water partition coefficient (Wildman–Crippen LogP) is 0.903. The Hall–Kier alpha value is -1.88. The van der Waals surface area contributed by atoms with Crippen molar-refractivity contribution in [1.82, 2.24) is 5.32 Å². The van der Waals surface area contributed by atoms with Crippen LogP contribution >= 0.6 is 0 Å². The zero-order valence-corrected chi connectivity index (χ0v) is 11.8. The van der Waals surface area contributed by atoms with Gasteiger partial charge in [-0.15, -0.1) is 0 Å². The first-order valence-corrected chi connectivity index (χ1v) is 6.69. The molecule has 0 fully saturated rings. The van der Waals surface area contributed by atoms with Crippen LogP contribution in [0.5, 0.6) is 5.75 Å². The van der Waals surface area contributed by atoms with E-state index in [0.717, 1.165) is 12.0 Å². The lowest BCUT2D eigenvalue weighted by molar-refractivity contribution is -0.122. The van der Waals surface area contributed by atoms with E-state index in [2.05, 4.69) is 5.32 Å². The molecule has 0 spiro atoms. The quantitative estimate of drug-likeness (QED) is 0.690. The summed E-state index contributed by atoms with van der Waals surface area (Å²) in [7, 11) is 0. The second-order valence-corrected chi connectivity index (χ2v) is 4.97. The third-order valence-corrected chi connectivity index (χ3v) is 3.37. The fraction of sp³-hybridized carbons (Fsp3) is 0.467. The number of phenolic OH excluding ortho intramolecular Hbond substituents is 1. The van der Waals surface area contributed by atoms with Gasteiger partial charge in [-0.3, -0.25) is 9.59 Å². The van der Waals surface area contributed by atoms with Crippen molar-refractivity contribution in [2.24, 2.45) is 11.7 Å². The summed E-state index contributed by atoms with van der Waals surface area (Å²) in [5.74, 6) is -0.178. The summed E-state index contributed by atoms with van der Waals surface area (Å²) in [4.78, 5) is 22.8. The molecule has 0 unspecified atom stereocenters. The van der Waals surface area contributed by atoms with E-state index in [1.54, 1.807) is 24.3 Å². The van der Waals surface area contributed by atoms with Crippen LogP contribution in [0.25, 0.3) is 0 Å². The van der Waals surface area contributed by atoms with Gasteiger partial charge in [0.15, 0.2) is 0 Å². The highest BCUT2D eigenvalue weighted by Crippen LogP contribution is 2.11. The molecule has 0 saturated carbocycles. The molecular weight excluding hydrogens is 256 g/mol. The number of carbonyl (C=O) groups excluding carboxylic acids is 2. The Labute approximate surface area is 119 Å². The van der Waals surface area contributed by atoms with E-state index in [9.17, 15) is 14.7 Å². The maximum absolute atomic E-state index is 11.9. The molecule has 0 aliphatic rings. The Morgan fingerprint density at radius 1 is 1.40 bits per heavy atom. The first-order chi connectivity index (χ1) is 9.47. The molecule has 0 bridgehead atoms. The maximum Gasteiger partial charge on any atom is 0.237 e. The lowest BCUT2D eigenvalue weighted by atomic mass is 9.99. The summed E-state index contributed by atoms with van der Waals surface area (Å²) >= 11 is 0. The van der Waals surface area contributed by atoms with Crippen LogP contribution in [0.4, 0.5) is 0 Å². The molecule has 5 nitrogen and oxygen atoms in total. The summed E-state index contributed by atoms with van der Waals surface area (Å²) < 4.78 is 0. The molecule has 1 radical (unpaired) electrons. The zero-order valence-electron chi connectivity index (χ0n) is 11.8. The monoisotopic (exact) mass is 277 g/mol. The molecule has 0 saturated heterocycles. The number of rotatable bonds is 7. The second kappa shape index (κ2) is 7.65. The molecule has 109 valence electrons. The van der Waals surface area contributed by atoms with E-state index in [1.807, 2.05) is 20.1 Å². The van der Waals surface area contributed by atoms with Crippen molar-refractivity contribution in [2.45, 2.75) is 38.8 Å². The highest BCUT2D eigenvalue weighted by molar-refractivity contribution is 5.84. The molecule has 1 aromatic rings. The topological polar surface area (TPSA) is 92.4 Å². The normalized spacial score (nSPS) is 15.2. The average molecular weight is 277 g/mol. The summed E-state index contributed by atoms with van der Waals surface area (Å²) in [6, 6.07) is 5.14. The molecule has 0 aliphatic heterocycles. The third-order valence-electron chi connectivity index (χ3n) is 3.37. The van der Waals surface area contributed by atoms with Gasteiger partial charge in [0.2, 0.25) is 12.2 Å². The molecule has 20 heavy (non-hydrogen) atoms. The number of phenols is 1. The van der Waals surface area contributed by atoms with Gasteiger partial charge >= 0.3 is 0 Å². The Morgan fingerprint density at radius 3 is 2.50 bits per heavy atom. The Kier molecular flexibility index (Phi) is 6.18. The van der Waals surface area contributed by atoms with Crippen LogP contribution in [0.2, 0.25) is 0 Å². The fourth-order valence-corrected chi connectivity index (χ4v) is 1.76. The van der Waals surface area contributed by atoms with Crippen molar-refractivity contribution in [3.05, 3.63) is 29.8 Å². The van der Waals surface area contributed by atoms with Crippen LogP contribution in [0.3, 0.4) is 0 Å². The molecule has 4 N–H and O–H groups in total. The van der Waals surface area contributed by atoms with E-state index in [-0.39, 0.29) is 17.6 Å². The zero-order chi connectivity index (χ0) is 15.1. The van der Waals surface area contributed by atoms with Crippen LogP contribution in [0.1, 0.15) is 25.8 Å². The standard InChI is InChI=1S/C15H21N2O3/c1-3-10(2)14(9-18)17-15(20)13(16)8-11-4-6-12(19)7-5-11/h4-7,10,13-14,19H,3,8,16H2,1-2H3,(H,17,20)/t10-,13-,14+/m0/s1. The molecule has 1 aromatic carbocycles. The Balaban J connectivity index is 2.58. The Morgan fingerprint density at radius 2 is 2.00 bits per heavy atom. The van der Waals surface area contributed by atoms with Gasteiger partial charge in [-0.05, 0) is 30.0 Å². The average Bonchev–Trinajstić information content (AvgIpc) is 2.45. The summed E-state index contributed by atoms with van der Waals surface area (Å²) in [6.07, 6.45) is 2.96. The van der Waals surface area contributed by atoms with E-state index < -0.39 is 12.1 Å². The molecule has 0 aliphatic carbocycles. The van der Waals surface area contributed by atoms with Crippen LogP contribution in [-0.4, -0.2) is 29.4 Å². The largest absolute Gasteiger partial charge is 0.508 e. The van der Waals surface area contributed by atoms with Gasteiger partial charge in [0.25, 0.3) is 0 Å². The SMILES string of the molecule is CC[C@H](C)[C@@H]([C]=O)NC(=O)[C@@H](N)Cc1ccc(O)cc1. The van der Waals surface area contributed by atoms with E-state index in [1.165, 1.54) is 0 Å². The highest BCUT2D eigenvalue weighted by Gasteiger charge is 2.22. The second-order valence-electron chi connectivity index (χ2n) is 4.97. The summed E-state index contributed by atoms with van der Waals surface area (Å²) in [5, 5.41) is 11.8. The number of nitrogens with one attached hydrogen (secondary N) is 1. The third kappa shape index (κ3) is 4.66. The number of carbonyl (C=O) groups is 1. The number of nitrogens with two attached hydrogens (primary N) is 1. The number of aromatic hydroxyl groups is 1. The number of hydrogen-bond donors (Lipinski definition) is 3. The van der Waals surface area contributed by atoms with Crippen LogP contribution in [0, 0.1) is 5.92 Å². The molecule has 0 heterocycles. The van der Waals surface area contributed by atoms with Gasteiger partial charge < -0.3 is 16.2 Å². The lowest BCUT2D eigenvalue weighted by Gasteiger charge is -2.20. The van der Waals surface area contributed by atoms with Crippen molar-refractivity contribution < 1.29 is 14.7 Å². The first-order valence-electron chi connectivity index (χ1n) is 6.69. The van der Waals surface area contributed by atoms with E-state index >= 15 is 0 Å². The van der Waals surface area contributed by atoms with Gasteiger partial charge in [-0.2, -0.15) is 0 Å². The number of benzene rings is 1. The minimum Gasteiger partial charge on any atom is -0.508 e. The smallest absolute Gasteiger partial charge is 0.237 e. The highest BCUT2D eigenvalue weighted by atomic mass is 16.3. The molecule has 1 rings (SSSR count). The molecular formula is C15H21N2O3. The summed E-state index contributed by atoms with van der Waals surface area (Å²) in [6.45, 7) is 3.82. The van der Waals surface area contributed by atoms with Crippen LogP contribution < -0.4 is 11.1 Å². The van der Waals surface area contributed by atoms with Gasteiger partial charge in [-0.25, -0.2) is 0 Å². The Bertz CT molecular complexity index is 445. The molecule has 5 heteroatoms. The fourth-order valence-electron chi connectivity index (χ4n) is 1.76. The van der Waals surface area contributed by atoms with Gasteiger partial charge in [-0.1, -0.05) is 32.4 Å². The lowest BCUT2D eigenvalue weighted by Crippen LogP contribution is -2.49. The molecule has 1 amide bonds. The van der Waals surface area contributed by atoms with Crippen molar-refractivity contribution in [2.75, 3.05) is 0 Å². The maximum atomic E-state index is 11.9. The van der Waals surface area contributed by atoms with Gasteiger partial charge in [0.1, 0.15) is 5.75 Å². The van der Waals surface area contributed by atoms with Gasteiger partial charge in [0, 0.05) is 0 Å². The molecule has 0 aromatic heterocycles. The summed E-state index contributed by atoms with van der Waals surface area (Å²) in [5.41, 5.74) is 6.68. The van der Waals surface area contributed by atoms with Crippen molar-refractivity contribution >= 4 is 12.2 Å². The minimum absolute atomic E-state index is 0.0253. The van der Waals surface area contributed by atoms with E-state index in [0.29, 0.717) is 6.42 Å². The van der Waals surface area contributed by atoms with E-state index in [4.69, 9.17) is 5.73 Å². The van der Waals surface area contributed by atoms with Crippen molar-refractivity contribution in [1.29, 1.82) is 0 Å². The van der Waals surface area contributed by atoms with Crippen LogP contribution in [0.15, 0.2) is 24.3 Å². The van der Waals surface area contributed by atoms with Crippen molar-refractivity contribution in [3.8, 4) is 5.75 Å². The number of amides is 1.